The highest BCUT2D eigenvalue weighted by molar-refractivity contribution is 5.92. The van der Waals surface area contributed by atoms with Crippen LogP contribution in [0.15, 0.2) is 53.3 Å². The molecule has 3 aromatic rings. The van der Waals surface area contributed by atoms with E-state index in [0.717, 1.165) is 16.5 Å². The van der Waals surface area contributed by atoms with E-state index in [0.29, 0.717) is 31.6 Å². The molecule has 10 heteroatoms. The van der Waals surface area contributed by atoms with Crippen molar-refractivity contribution in [3.05, 3.63) is 60.2 Å². The first-order chi connectivity index (χ1) is 16.4. The summed E-state index contributed by atoms with van der Waals surface area (Å²) < 4.78 is 5.22. The van der Waals surface area contributed by atoms with E-state index < -0.39 is 35.9 Å². The fourth-order valence-electron chi connectivity index (χ4n) is 3.77. The van der Waals surface area contributed by atoms with E-state index in [-0.39, 0.29) is 12.8 Å². The number of hydrogen-bond donors (Lipinski definition) is 6. The molecule has 8 N–H and O–H groups in total. The molecular formula is C24H31N5O5. The molecule has 2 aromatic heterocycles. The summed E-state index contributed by atoms with van der Waals surface area (Å²) in [4.78, 5) is 40.7. The second-order valence-corrected chi connectivity index (χ2v) is 8.20. The van der Waals surface area contributed by atoms with Crippen LogP contribution in [0.5, 0.6) is 0 Å². The Morgan fingerprint density at radius 3 is 2.47 bits per heavy atom. The van der Waals surface area contributed by atoms with Gasteiger partial charge in [-0.25, -0.2) is 4.79 Å². The van der Waals surface area contributed by atoms with E-state index in [1.165, 1.54) is 6.26 Å². The average Bonchev–Trinajstić information content (AvgIpc) is 3.48. The van der Waals surface area contributed by atoms with Crippen LogP contribution in [0.3, 0.4) is 0 Å². The van der Waals surface area contributed by atoms with E-state index in [9.17, 15) is 19.5 Å². The number of H-pyrrole nitrogens is 1. The summed E-state index contributed by atoms with van der Waals surface area (Å²) in [6.45, 7) is 0.443. The second-order valence-electron chi connectivity index (χ2n) is 8.20. The van der Waals surface area contributed by atoms with Crippen LogP contribution in [0.4, 0.5) is 0 Å². The highest BCUT2D eigenvalue weighted by Gasteiger charge is 2.28. The number of furan rings is 1. The Kier molecular flexibility index (Phi) is 8.83. The van der Waals surface area contributed by atoms with Gasteiger partial charge in [-0.2, -0.15) is 0 Å². The maximum Gasteiger partial charge on any atom is 0.326 e. The first-order valence-corrected chi connectivity index (χ1v) is 11.3. The number of amides is 2. The van der Waals surface area contributed by atoms with E-state index >= 15 is 0 Å². The lowest BCUT2D eigenvalue weighted by atomic mass is 10.0. The van der Waals surface area contributed by atoms with Gasteiger partial charge in [-0.1, -0.05) is 18.2 Å². The zero-order chi connectivity index (χ0) is 24.5. The van der Waals surface area contributed by atoms with Crippen molar-refractivity contribution in [2.24, 2.45) is 11.5 Å². The number of benzene rings is 1. The second kappa shape index (κ2) is 12.0. The molecule has 0 aliphatic rings. The smallest absolute Gasteiger partial charge is 0.326 e. The number of hydrogen-bond acceptors (Lipinski definition) is 6. The van der Waals surface area contributed by atoms with E-state index in [1.54, 1.807) is 18.3 Å². The molecule has 2 heterocycles. The molecule has 182 valence electrons. The largest absolute Gasteiger partial charge is 0.480 e. The highest BCUT2D eigenvalue weighted by atomic mass is 16.4. The van der Waals surface area contributed by atoms with Gasteiger partial charge in [-0.3, -0.25) is 9.59 Å². The number of nitrogens with one attached hydrogen (secondary N) is 3. The molecule has 0 radical (unpaired) electrons. The molecule has 2 amide bonds. The molecule has 0 aliphatic heterocycles. The Morgan fingerprint density at radius 2 is 1.76 bits per heavy atom. The zero-order valence-electron chi connectivity index (χ0n) is 18.8. The molecular weight excluding hydrogens is 438 g/mol. The number of carbonyl (C=O) groups excluding carboxylic acids is 2. The van der Waals surface area contributed by atoms with Crippen LogP contribution in [0.1, 0.15) is 30.6 Å². The Balaban J connectivity index is 1.67. The van der Waals surface area contributed by atoms with Crippen LogP contribution in [-0.4, -0.2) is 52.5 Å². The fraction of sp³-hybridized carbons (Fsp3) is 0.375. The van der Waals surface area contributed by atoms with Crippen molar-refractivity contribution >= 4 is 28.7 Å². The summed E-state index contributed by atoms with van der Waals surface area (Å²) in [5.74, 6) is -1.72. The van der Waals surface area contributed by atoms with Gasteiger partial charge in [0, 0.05) is 29.9 Å². The van der Waals surface area contributed by atoms with E-state index in [4.69, 9.17) is 15.9 Å². The average molecular weight is 470 g/mol. The predicted molar refractivity (Wildman–Crippen MR) is 127 cm³/mol. The van der Waals surface area contributed by atoms with Gasteiger partial charge in [-0.15, -0.1) is 0 Å². The number of rotatable bonds is 13. The van der Waals surface area contributed by atoms with Crippen molar-refractivity contribution in [3.63, 3.8) is 0 Å². The molecule has 0 saturated heterocycles. The van der Waals surface area contributed by atoms with Gasteiger partial charge in [0.2, 0.25) is 11.8 Å². The quantitative estimate of drug-likeness (QED) is 0.203. The Bertz CT molecular complexity index is 1090. The van der Waals surface area contributed by atoms with Gasteiger partial charge in [0.05, 0.1) is 12.3 Å². The van der Waals surface area contributed by atoms with Crippen molar-refractivity contribution in [2.45, 2.75) is 50.2 Å². The van der Waals surface area contributed by atoms with Crippen molar-refractivity contribution in [1.29, 1.82) is 0 Å². The fourth-order valence-corrected chi connectivity index (χ4v) is 3.77. The number of carboxylic acids is 1. The van der Waals surface area contributed by atoms with Crippen molar-refractivity contribution in [3.8, 4) is 0 Å². The number of carbonyl (C=O) groups is 3. The summed E-state index contributed by atoms with van der Waals surface area (Å²) in [5.41, 5.74) is 13.2. The van der Waals surface area contributed by atoms with Crippen molar-refractivity contribution < 1.29 is 23.9 Å². The van der Waals surface area contributed by atoms with Gasteiger partial charge < -0.3 is 36.6 Å². The van der Waals surface area contributed by atoms with Crippen LogP contribution >= 0.6 is 0 Å². The number of aromatic amines is 1. The van der Waals surface area contributed by atoms with Gasteiger partial charge >= 0.3 is 5.97 Å². The lowest BCUT2D eigenvalue weighted by molar-refractivity contribution is -0.142. The van der Waals surface area contributed by atoms with Gasteiger partial charge in [0.25, 0.3) is 0 Å². The van der Waals surface area contributed by atoms with Crippen LogP contribution in [0, 0.1) is 0 Å². The van der Waals surface area contributed by atoms with Crippen LogP contribution in [-0.2, 0) is 27.2 Å². The number of unbranched alkanes of at least 4 members (excludes halogenated alkanes) is 1. The Morgan fingerprint density at radius 1 is 1.00 bits per heavy atom. The van der Waals surface area contributed by atoms with Gasteiger partial charge in [0.15, 0.2) is 0 Å². The minimum Gasteiger partial charge on any atom is -0.480 e. The van der Waals surface area contributed by atoms with Gasteiger partial charge in [-0.05, 0) is 49.6 Å². The molecule has 0 aliphatic carbocycles. The summed E-state index contributed by atoms with van der Waals surface area (Å²) in [7, 11) is 0. The van der Waals surface area contributed by atoms with Crippen LogP contribution in [0.2, 0.25) is 0 Å². The maximum atomic E-state index is 13.0. The first-order valence-electron chi connectivity index (χ1n) is 11.3. The number of aliphatic carboxylic acids is 1. The van der Waals surface area contributed by atoms with Crippen molar-refractivity contribution in [2.75, 3.05) is 6.54 Å². The SMILES string of the molecule is NCCCC[C@H](NC(=O)[C@@H](N)Cc1ccco1)C(=O)N[C@@H](Cc1c[nH]c2ccccc12)C(=O)O. The molecule has 34 heavy (non-hydrogen) atoms. The minimum absolute atomic E-state index is 0.0898. The number of nitrogens with two attached hydrogens (primary N) is 2. The van der Waals surface area contributed by atoms with Crippen LogP contribution in [0.25, 0.3) is 10.9 Å². The summed E-state index contributed by atoms with van der Waals surface area (Å²) in [5, 5.41) is 15.9. The summed E-state index contributed by atoms with van der Waals surface area (Å²) in [6, 6.07) is 7.90. The molecule has 0 fully saturated rings. The normalized spacial score (nSPS) is 13.8. The lowest BCUT2D eigenvalue weighted by Crippen LogP contribution is -2.55. The molecule has 1 aromatic carbocycles. The number of para-hydroxylation sites is 1. The highest BCUT2D eigenvalue weighted by Crippen LogP contribution is 2.19. The number of aromatic nitrogens is 1. The third-order valence-electron chi connectivity index (χ3n) is 5.63. The predicted octanol–water partition coefficient (Wildman–Crippen LogP) is 1.06. The first kappa shape index (κ1) is 25.0. The minimum atomic E-state index is -1.17. The monoisotopic (exact) mass is 469 g/mol. The van der Waals surface area contributed by atoms with Crippen LogP contribution < -0.4 is 22.1 Å². The molecule has 0 unspecified atom stereocenters. The number of carboxylic acid groups (broad SMARTS) is 1. The zero-order valence-corrected chi connectivity index (χ0v) is 18.8. The molecule has 10 nitrogen and oxygen atoms in total. The molecule has 0 bridgehead atoms. The lowest BCUT2D eigenvalue weighted by Gasteiger charge is -2.23. The molecule has 3 rings (SSSR count). The summed E-state index contributed by atoms with van der Waals surface area (Å²) >= 11 is 0. The van der Waals surface area contributed by atoms with Gasteiger partial charge in [0.1, 0.15) is 17.8 Å². The standard InChI is InChI=1S/C24H31N5O5/c25-10-4-3-9-20(28-22(30)18(26)13-16-6-5-11-34-16)23(31)29-21(24(32)33)12-15-14-27-19-8-2-1-7-17(15)19/h1-2,5-8,11,14,18,20-21,27H,3-4,9-10,12-13,25-26H2,(H,28,30)(H,29,31)(H,32,33)/t18-,20-,21-/m0/s1. The van der Waals surface area contributed by atoms with E-state index in [1.807, 2.05) is 24.3 Å². The molecule has 0 saturated carbocycles. The van der Waals surface area contributed by atoms with Crippen molar-refractivity contribution in [1.82, 2.24) is 15.6 Å². The summed E-state index contributed by atoms with van der Waals surface area (Å²) in [6.07, 6.45) is 5.05. The van der Waals surface area contributed by atoms with E-state index in [2.05, 4.69) is 15.6 Å². The molecule has 3 atom stereocenters. The maximum absolute atomic E-state index is 13.0. The Hall–Kier alpha value is -3.63. The topological polar surface area (TPSA) is 176 Å². The number of fused-ring (bicyclic) bond motifs is 1. The molecule has 0 spiro atoms. The third kappa shape index (κ3) is 6.69. The third-order valence-corrected chi connectivity index (χ3v) is 5.63. The Labute approximate surface area is 197 Å².